The molecule has 1 aromatic heterocycles. The van der Waals surface area contributed by atoms with Crippen molar-refractivity contribution < 1.29 is 13.7 Å². The second-order valence-corrected chi connectivity index (χ2v) is 3.31. The van der Waals surface area contributed by atoms with Gasteiger partial charge in [-0.2, -0.15) is 0 Å². The smallest absolute Gasteiger partial charge is 0.337 e. The SMILES string of the molecule is Nc1ncnc(-c2c(F)cccc2F)c1[N+](=O)[O-]. The third-order valence-electron chi connectivity index (χ3n) is 2.23. The molecule has 1 aromatic carbocycles. The highest BCUT2D eigenvalue weighted by atomic mass is 19.1. The molecule has 0 unspecified atom stereocenters. The van der Waals surface area contributed by atoms with Crippen LogP contribution in [0.3, 0.4) is 0 Å². The monoisotopic (exact) mass is 252 g/mol. The first-order valence-corrected chi connectivity index (χ1v) is 4.71. The molecule has 0 atom stereocenters. The van der Waals surface area contributed by atoms with Gasteiger partial charge in [0, 0.05) is 0 Å². The van der Waals surface area contributed by atoms with Crippen LogP contribution >= 0.6 is 0 Å². The van der Waals surface area contributed by atoms with Crippen molar-refractivity contribution in [2.45, 2.75) is 0 Å². The number of nitro groups is 1. The Morgan fingerprint density at radius 3 is 2.39 bits per heavy atom. The zero-order valence-corrected chi connectivity index (χ0v) is 8.80. The summed E-state index contributed by atoms with van der Waals surface area (Å²) >= 11 is 0. The van der Waals surface area contributed by atoms with Crippen molar-refractivity contribution in [2.24, 2.45) is 0 Å². The van der Waals surface area contributed by atoms with E-state index in [0.29, 0.717) is 0 Å². The average Bonchev–Trinajstić information content (AvgIpc) is 2.28. The van der Waals surface area contributed by atoms with Gasteiger partial charge in [0.25, 0.3) is 0 Å². The van der Waals surface area contributed by atoms with Crippen molar-refractivity contribution >= 4 is 11.5 Å². The van der Waals surface area contributed by atoms with E-state index in [9.17, 15) is 18.9 Å². The predicted octanol–water partition coefficient (Wildman–Crippen LogP) is 1.91. The van der Waals surface area contributed by atoms with E-state index in [0.717, 1.165) is 24.5 Å². The first-order valence-electron chi connectivity index (χ1n) is 4.71. The summed E-state index contributed by atoms with van der Waals surface area (Å²) in [5.41, 5.74) is 3.52. The van der Waals surface area contributed by atoms with Crippen molar-refractivity contribution in [1.82, 2.24) is 9.97 Å². The Bertz CT molecular complexity index is 613. The largest absolute Gasteiger partial charge is 0.378 e. The summed E-state index contributed by atoms with van der Waals surface area (Å²) in [7, 11) is 0. The highest BCUT2D eigenvalue weighted by Gasteiger charge is 2.26. The molecule has 0 bridgehead atoms. The van der Waals surface area contributed by atoms with Gasteiger partial charge in [0.2, 0.25) is 5.82 Å². The molecule has 0 saturated heterocycles. The molecule has 92 valence electrons. The van der Waals surface area contributed by atoms with E-state index in [-0.39, 0.29) is 0 Å². The quantitative estimate of drug-likeness (QED) is 0.650. The van der Waals surface area contributed by atoms with E-state index in [1.807, 2.05) is 0 Å². The average molecular weight is 252 g/mol. The summed E-state index contributed by atoms with van der Waals surface area (Å²) in [4.78, 5) is 16.9. The molecule has 18 heavy (non-hydrogen) atoms. The number of nitrogens with zero attached hydrogens (tertiary/aromatic N) is 3. The normalized spacial score (nSPS) is 10.3. The minimum absolute atomic E-state index is 0.451. The molecule has 0 amide bonds. The molecule has 2 N–H and O–H groups in total. The van der Waals surface area contributed by atoms with Gasteiger partial charge in [-0.15, -0.1) is 0 Å². The molecular weight excluding hydrogens is 246 g/mol. The van der Waals surface area contributed by atoms with Crippen molar-refractivity contribution in [2.75, 3.05) is 5.73 Å². The lowest BCUT2D eigenvalue weighted by Crippen LogP contribution is -2.04. The highest BCUT2D eigenvalue weighted by Crippen LogP contribution is 2.34. The molecule has 8 heteroatoms. The molecule has 0 aliphatic heterocycles. The molecule has 0 aliphatic rings. The second kappa shape index (κ2) is 4.32. The number of rotatable bonds is 2. The maximum atomic E-state index is 13.5. The third kappa shape index (κ3) is 1.83. The Balaban J connectivity index is 2.80. The Morgan fingerprint density at radius 1 is 1.22 bits per heavy atom. The summed E-state index contributed by atoms with van der Waals surface area (Å²) in [6.07, 6.45) is 0.906. The fraction of sp³-hybridized carbons (Fsp3) is 0. The minimum Gasteiger partial charge on any atom is -0.378 e. The Kier molecular flexibility index (Phi) is 2.84. The standard InChI is InChI=1S/C10H6F2N4O2/c11-5-2-1-3-6(12)7(5)8-9(16(17)18)10(13)15-4-14-8/h1-4H,(H2,13,14,15). The number of nitrogen functional groups attached to an aromatic ring is 1. The zero-order chi connectivity index (χ0) is 13.3. The summed E-state index contributed by atoms with van der Waals surface area (Å²) in [5.74, 6) is -2.37. The van der Waals surface area contributed by atoms with Gasteiger partial charge in [-0.1, -0.05) is 6.07 Å². The number of hydrogen-bond donors (Lipinski definition) is 1. The Labute approximate surface area is 99.3 Å². The van der Waals surface area contributed by atoms with Gasteiger partial charge in [0.15, 0.2) is 5.69 Å². The fourth-order valence-electron chi connectivity index (χ4n) is 1.48. The number of benzene rings is 1. The van der Waals surface area contributed by atoms with Gasteiger partial charge < -0.3 is 5.73 Å². The maximum Gasteiger partial charge on any atom is 0.337 e. The van der Waals surface area contributed by atoms with E-state index in [2.05, 4.69) is 9.97 Å². The number of hydrogen-bond acceptors (Lipinski definition) is 5. The summed E-state index contributed by atoms with van der Waals surface area (Å²) in [6.45, 7) is 0. The maximum absolute atomic E-state index is 13.5. The van der Waals surface area contributed by atoms with Crippen LogP contribution in [0, 0.1) is 21.7 Å². The highest BCUT2D eigenvalue weighted by molar-refractivity contribution is 5.76. The van der Waals surface area contributed by atoms with Gasteiger partial charge in [0.05, 0.1) is 10.5 Å². The summed E-state index contributed by atoms with van der Waals surface area (Å²) in [5, 5.41) is 10.8. The topological polar surface area (TPSA) is 94.9 Å². The van der Waals surface area contributed by atoms with Gasteiger partial charge >= 0.3 is 5.69 Å². The van der Waals surface area contributed by atoms with Crippen LogP contribution in [0.15, 0.2) is 24.5 Å². The van der Waals surface area contributed by atoms with E-state index < -0.39 is 39.3 Å². The zero-order valence-electron chi connectivity index (χ0n) is 8.80. The van der Waals surface area contributed by atoms with Crippen LogP contribution in [0.4, 0.5) is 20.3 Å². The molecule has 0 aliphatic carbocycles. The van der Waals surface area contributed by atoms with Gasteiger partial charge in [-0.3, -0.25) is 10.1 Å². The molecule has 0 fully saturated rings. The predicted molar refractivity (Wildman–Crippen MR) is 58.5 cm³/mol. The van der Waals surface area contributed by atoms with Gasteiger partial charge in [0.1, 0.15) is 18.0 Å². The van der Waals surface area contributed by atoms with E-state index >= 15 is 0 Å². The lowest BCUT2D eigenvalue weighted by atomic mass is 10.1. The number of aromatic nitrogens is 2. The van der Waals surface area contributed by atoms with Crippen LogP contribution < -0.4 is 5.73 Å². The first-order chi connectivity index (χ1) is 8.52. The summed E-state index contributed by atoms with van der Waals surface area (Å²) in [6, 6.07) is 3.09. The first kappa shape index (κ1) is 11.8. The van der Waals surface area contributed by atoms with Crippen LogP contribution in [0.5, 0.6) is 0 Å². The molecule has 2 rings (SSSR count). The number of halogens is 2. The minimum atomic E-state index is -0.962. The second-order valence-electron chi connectivity index (χ2n) is 3.31. The fourth-order valence-corrected chi connectivity index (χ4v) is 1.48. The molecule has 0 saturated carbocycles. The van der Waals surface area contributed by atoms with Crippen LogP contribution in [-0.2, 0) is 0 Å². The lowest BCUT2D eigenvalue weighted by molar-refractivity contribution is -0.383. The lowest BCUT2D eigenvalue weighted by Gasteiger charge is -2.05. The van der Waals surface area contributed by atoms with E-state index in [4.69, 9.17) is 5.73 Å². The van der Waals surface area contributed by atoms with Gasteiger partial charge in [-0.05, 0) is 12.1 Å². The van der Waals surface area contributed by atoms with Crippen LogP contribution in [-0.4, -0.2) is 14.9 Å². The Morgan fingerprint density at radius 2 is 1.83 bits per heavy atom. The molecule has 0 spiro atoms. The molecular formula is C10H6F2N4O2. The van der Waals surface area contributed by atoms with Crippen molar-refractivity contribution in [3.8, 4) is 11.3 Å². The van der Waals surface area contributed by atoms with E-state index in [1.54, 1.807) is 0 Å². The molecule has 1 heterocycles. The van der Waals surface area contributed by atoms with Crippen molar-refractivity contribution in [3.05, 3.63) is 46.3 Å². The molecule has 0 radical (unpaired) electrons. The number of anilines is 1. The van der Waals surface area contributed by atoms with Crippen molar-refractivity contribution in [3.63, 3.8) is 0 Å². The van der Waals surface area contributed by atoms with Crippen LogP contribution in [0.1, 0.15) is 0 Å². The summed E-state index contributed by atoms with van der Waals surface area (Å²) < 4.78 is 27.1. The third-order valence-corrected chi connectivity index (χ3v) is 2.23. The molecule has 2 aromatic rings. The Hall–Kier alpha value is -2.64. The molecule has 6 nitrogen and oxygen atoms in total. The van der Waals surface area contributed by atoms with E-state index in [1.165, 1.54) is 0 Å². The van der Waals surface area contributed by atoms with Gasteiger partial charge in [-0.25, -0.2) is 18.7 Å². The van der Waals surface area contributed by atoms with Crippen molar-refractivity contribution in [1.29, 1.82) is 0 Å². The van der Waals surface area contributed by atoms with Crippen LogP contribution in [0.25, 0.3) is 11.3 Å². The van der Waals surface area contributed by atoms with Crippen LogP contribution in [0.2, 0.25) is 0 Å². The number of nitrogens with two attached hydrogens (primary N) is 1.